The smallest absolute Gasteiger partial charge is 0.240 e. The first-order valence-electron chi connectivity index (χ1n) is 9.30. The third kappa shape index (κ3) is 5.00. The van der Waals surface area contributed by atoms with E-state index >= 15 is 0 Å². The van der Waals surface area contributed by atoms with Crippen LogP contribution in [0.15, 0.2) is 77.7 Å². The van der Waals surface area contributed by atoms with Crippen LogP contribution in [0.4, 0.5) is 5.69 Å². The molecule has 146 valence electrons. The van der Waals surface area contributed by atoms with Crippen molar-refractivity contribution in [2.75, 3.05) is 11.9 Å². The zero-order valence-electron chi connectivity index (χ0n) is 16.4. The summed E-state index contributed by atoms with van der Waals surface area (Å²) in [4.78, 5) is 0.275. The van der Waals surface area contributed by atoms with Gasteiger partial charge >= 0.3 is 0 Å². The van der Waals surface area contributed by atoms with Crippen LogP contribution in [0, 0.1) is 20.8 Å². The van der Waals surface area contributed by atoms with Gasteiger partial charge in [-0.3, -0.25) is 0 Å². The van der Waals surface area contributed by atoms with Gasteiger partial charge in [0.2, 0.25) is 10.0 Å². The lowest BCUT2D eigenvalue weighted by Gasteiger charge is -2.22. The second-order valence-corrected chi connectivity index (χ2v) is 8.86. The van der Waals surface area contributed by atoms with Crippen LogP contribution in [0.2, 0.25) is 0 Å². The number of hydrogen-bond acceptors (Lipinski definition) is 3. The molecule has 28 heavy (non-hydrogen) atoms. The van der Waals surface area contributed by atoms with E-state index in [0.717, 1.165) is 27.9 Å². The van der Waals surface area contributed by atoms with Crippen LogP contribution in [-0.2, 0) is 10.0 Å². The Hall–Kier alpha value is -2.63. The lowest BCUT2D eigenvalue weighted by atomic mass is 10.0. The van der Waals surface area contributed by atoms with Gasteiger partial charge in [-0.05, 0) is 55.7 Å². The van der Waals surface area contributed by atoms with E-state index in [0.29, 0.717) is 0 Å². The molecule has 0 saturated carbocycles. The Bertz CT molecular complexity index is 1030. The van der Waals surface area contributed by atoms with E-state index in [1.165, 1.54) is 0 Å². The fourth-order valence-corrected chi connectivity index (χ4v) is 4.06. The number of hydrogen-bond donors (Lipinski definition) is 2. The quantitative estimate of drug-likeness (QED) is 0.608. The van der Waals surface area contributed by atoms with E-state index in [2.05, 4.69) is 28.2 Å². The highest BCUT2D eigenvalue weighted by molar-refractivity contribution is 7.89. The molecule has 0 aromatic heterocycles. The molecule has 3 aromatic carbocycles. The van der Waals surface area contributed by atoms with Crippen molar-refractivity contribution in [1.29, 1.82) is 0 Å². The van der Waals surface area contributed by atoms with Crippen molar-refractivity contribution < 1.29 is 8.42 Å². The standard InChI is InChI=1S/C23H26N2O2S/c1-17-10-13-21(14-11-17)28(26,27)24-16-23(20-7-5-4-6-8-20)25-22-15-18(2)9-12-19(22)3/h4-15,23-25H,16H2,1-3H3/t23-/m1/s1. The Balaban J connectivity index is 1.83. The Kier molecular flexibility index (Phi) is 6.17. The van der Waals surface area contributed by atoms with E-state index in [1.807, 2.05) is 51.1 Å². The van der Waals surface area contributed by atoms with E-state index in [-0.39, 0.29) is 17.5 Å². The third-order valence-corrected chi connectivity index (χ3v) is 6.17. The molecule has 0 fully saturated rings. The van der Waals surface area contributed by atoms with Crippen LogP contribution < -0.4 is 10.0 Å². The van der Waals surface area contributed by atoms with Gasteiger partial charge in [-0.2, -0.15) is 0 Å². The molecule has 4 nitrogen and oxygen atoms in total. The summed E-state index contributed by atoms with van der Waals surface area (Å²) in [6.45, 7) is 6.26. The van der Waals surface area contributed by atoms with E-state index in [4.69, 9.17) is 0 Å². The molecule has 3 rings (SSSR count). The van der Waals surface area contributed by atoms with Gasteiger partial charge in [0.05, 0.1) is 10.9 Å². The Labute approximate surface area is 167 Å². The van der Waals surface area contributed by atoms with Crippen LogP contribution in [0.5, 0.6) is 0 Å². The second kappa shape index (κ2) is 8.59. The zero-order chi connectivity index (χ0) is 20.1. The molecule has 5 heteroatoms. The fraction of sp³-hybridized carbons (Fsp3) is 0.217. The van der Waals surface area contributed by atoms with Gasteiger partial charge in [0, 0.05) is 12.2 Å². The molecule has 0 saturated heterocycles. The van der Waals surface area contributed by atoms with E-state index in [1.54, 1.807) is 24.3 Å². The molecule has 1 atom stereocenters. The van der Waals surface area contributed by atoms with Crippen molar-refractivity contribution in [3.63, 3.8) is 0 Å². The van der Waals surface area contributed by atoms with Crippen LogP contribution in [0.1, 0.15) is 28.3 Å². The maximum absolute atomic E-state index is 12.7. The molecule has 0 aliphatic carbocycles. The lowest BCUT2D eigenvalue weighted by Crippen LogP contribution is -2.31. The number of sulfonamides is 1. The minimum Gasteiger partial charge on any atom is -0.377 e. The summed E-state index contributed by atoms with van der Waals surface area (Å²) in [7, 11) is -3.58. The summed E-state index contributed by atoms with van der Waals surface area (Å²) in [5, 5.41) is 3.51. The number of rotatable bonds is 7. The highest BCUT2D eigenvalue weighted by Gasteiger charge is 2.18. The van der Waals surface area contributed by atoms with Crippen LogP contribution in [0.3, 0.4) is 0 Å². The van der Waals surface area contributed by atoms with Crippen molar-refractivity contribution >= 4 is 15.7 Å². The monoisotopic (exact) mass is 394 g/mol. The molecule has 2 N–H and O–H groups in total. The molecule has 0 aliphatic heterocycles. The zero-order valence-corrected chi connectivity index (χ0v) is 17.3. The van der Waals surface area contributed by atoms with E-state index in [9.17, 15) is 8.42 Å². The topological polar surface area (TPSA) is 58.2 Å². The predicted octanol–water partition coefficient (Wildman–Crippen LogP) is 4.74. The minimum absolute atomic E-state index is 0.193. The number of anilines is 1. The fourth-order valence-electron chi connectivity index (χ4n) is 3.01. The average molecular weight is 395 g/mol. The molecule has 0 radical (unpaired) electrons. The summed E-state index contributed by atoms with van der Waals surface area (Å²) in [5.41, 5.74) is 5.32. The molecule has 0 unspecified atom stereocenters. The predicted molar refractivity (Wildman–Crippen MR) is 115 cm³/mol. The van der Waals surface area contributed by atoms with Crippen molar-refractivity contribution in [2.24, 2.45) is 0 Å². The van der Waals surface area contributed by atoms with Crippen LogP contribution >= 0.6 is 0 Å². The molecule has 0 heterocycles. The maximum Gasteiger partial charge on any atom is 0.240 e. The van der Waals surface area contributed by atoms with Gasteiger partial charge in [0.25, 0.3) is 0 Å². The van der Waals surface area contributed by atoms with Gasteiger partial charge in [-0.15, -0.1) is 0 Å². The molecular weight excluding hydrogens is 368 g/mol. The Morgan fingerprint density at radius 1 is 0.821 bits per heavy atom. The summed E-state index contributed by atoms with van der Waals surface area (Å²) < 4.78 is 28.2. The molecular formula is C23H26N2O2S. The van der Waals surface area contributed by atoms with Gasteiger partial charge in [0.15, 0.2) is 0 Å². The number of benzene rings is 3. The van der Waals surface area contributed by atoms with Crippen LogP contribution in [0.25, 0.3) is 0 Å². The first kappa shape index (κ1) is 20.1. The van der Waals surface area contributed by atoms with Gasteiger partial charge in [0.1, 0.15) is 0 Å². The minimum atomic E-state index is -3.58. The molecule has 3 aromatic rings. The second-order valence-electron chi connectivity index (χ2n) is 7.09. The normalized spacial score (nSPS) is 12.5. The van der Waals surface area contributed by atoms with Crippen molar-refractivity contribution in [1.82, 2.24) is 4.72 Å². The maximum atomic E-state index is 12.7. The molecule has 0 spiro atoms. The highest BCUT2D eigenvalue weighted by Crippen LogP contribution is 2.24. The first-order chi connectivity index (χ1) is 13.3. The van der Waals surface area contributed by atoms with Gasteiger partial charge in [-0.25, -0.2) is 13.1 Å². The summed E-state index contributed by atoms with van der Waals surface area (Å²) >= 11 is 0. The largest absolute Gasteiger partial charge is 0.377 e. The highest BCUT2D eigenvalue weighted by atomic mass is 32.2. The summed E-state index contributed by atoms with van der Waals surface area (Å²) in [6, 6.07) is 22.8. The molecule has 0 aliphatic rings. The Morgan fingerprint density at radius 2 is 1.46 bits per heavy atom. The molecule has 0 amide bonds. The van der Waals surface area contributed by atoms with Gasteiger partial charge < -0.3 is 5.32 Å². The van der Waals surface area contributed by atoms with Crippen molar-refractivity contribution in [3.8, 4) is 0 Å². The van der Waals surface area contributed by atoms with Crippen LogP contribution in [-0.4, -0.2) is 15.0 Å². The number of aryl methyl sites for hydroxylation is 3. The summed E-state index contributed by atoms with van der Waals surface area (Å²) in [5.74, 6) is 0. The van der Waals surface area contributed by atoms with Crippen molar-refractivity contribution in [2.45, 2.75) is 31.7 Å². The first-order valence-corrected chi connectivity index (χ1v) is 10.8. The molecule has 0 bridgehead atoms. The average Bonchev–Trinajstić information content (AvgIpc) is 2.69. The third-order valence-electron chi connectivity index (χ3n) is 4.73. The van der Waals surface area contributed by atoms with Gasteiger partial charge in [-0.1, -0.05) is 60.2 Å². The van der Waals surface area contributed by atoms with E-state index < -0.39 is 10.0 Å². The Morgan fingerprint density at radius 3 is 2.14 bits per heavy atom. The summed E-state index contributed by atoms with van der Waals surface area (Å²) in [6.07, 6.45) is 0. The van der Waals surface area contributed by atoms with Crippen molar-refractivity contribution in [3.05, 3.63) is 95.1 Å². The number of nitrogens with one attached hydrogen (secondary N) is 2. The SMILES string of the molecule is Cc1ccc(S(=O)(=O)NC[C@@H](Nc2cc(C)ccc2C)c2ccccc2)cc1. The lowest BCUT2D eigenvalue weighted by molar-refractivity contribution is 0.576.